The second-order valence-corrected chi connectivity index (χ2v) is 6.24. The molecule has 21 heavy (non-hydrogen) atoms. The Balaban J connectivity index is 2.36. The van der Waals surface area contributed by atoms with Gasteiger partial charge >= 0.3 is 0 Å². The molecule has 0 aliphatic carbocycles. The minimum absolute atomic E-state index is 0.749. The second kappa shape index (κ2) is 5.11. The normalized spacial score (nSPS) is 11.0. The van der Waals surface area contributed by atoms with Crippen molar-refractivity contribution < 1.29 is 0 Å². The molecule has 0 aliphatic heterocycles. The molecule has 0 saturated heterocycles. The Morgan fingerprint density at radius 1 is 1.10 bits per heavy atom. The predicted octanol–water partition coefficient (Wildman–Crippen LogP) is 4.57. The van der Waals surface area contributed by atoms with E-state index in [0.29, 0.717) is 0 Å². The van der Waals surface area contributed by atoms with Crippen LogP contribution in [-0.4, -0.2) is 9.97 Å². The summed E-state index contributed by atoms with van der Waals surface area (Å²) in [4.78, 5) is 9.20. The van der Waals surface area contributed by atoms with Crippen molar-refractivity contribution in [1.82, 2.24) is 9.97 Å². The third kappa shape index (κ3) is 2.40. The molecule has 0 atom stereocenters. The molecule has 3 aromatic rings. The van der Waals surface area contributed by atoms with Crippen molar-refractivity contribution >= 4 is 32.5 Å². The van der Waals surface area contributed by atoms with Crippen LogP contribution in [0.15, 0.2) is 34.9 Å². The van der Waals surface area contributed by atoms with E-state index in [0.717, 1.165) is 43.6 Å². The predicted molar refractivity (Wildman–Crippen MR) is 91.3 cm³/mol. The Labute approximate surface area is 132 Å². The van der Waals surface area contributed by atoms with Crippen LogP contribution in [0.4, 0.5) is 5.69 Å². The van der Waals surface area contributed by atoms with Crippen LogP contribution >= 0.6 is 15.9 Å². The minimum Gasteiger partial charge on any atom is -0.398 e. The average Bonchev–Trinajstić information content (AvgIpc) is 2.42. The van der Waals surface area contributed by atoms with E-state index in [1.807, 2.05) is 19.1 Å². The van der Waals surface area contributed by atoms with E-state index in [2.05, 4.69) is 46.9 Å². The Kier molecular flexibility index (Phi) is 3.41. The minimum atomic E-state index is 0.749. The fraction of sp³-hybridized carbons (Fsp3) is 0.176. The molecule has 0 unspecified atom stereocenters. The summed E-state index contributed by atoms with van der Waals surface area (Å²) in [5.41, 5.74) is 13.2. The Hall–Kier alpha value is -1.94. The highest BCUT2D eigenvalue weighted by molar-refractivity contribution is 9.10. The van der Waals surface area contributed by atoms with Crippen LogP contribution in [0.3, 0.4) is 0 Å². The van der Waals surface area contributed by atoms with Crippen molar-refractivity contribution in [2.75, 3.05) is 5.73 Å². The summed E-state index contributed by atoms with van der Waals surface area (Å²) in [7, 11) is 0. The molecule has 3 nitrogen and oxygen atoms in total. The van der Waals surface area contributed by atoms with Gasteiger partial charge in [0, 0.05) is 27.3 Å². The van der Waals surface area contributed by atoms with Crippen LogP contribution in [0.5, 0.6) is 0 Å². The van der Waals surface area contributed by atoms with Crippen LogP contribution in [-0.2, 0) is 0 Å². The molecule has 106 valence electrons. The number of anilines is 1. The van der Waals surface area contributed by atoms with Crippen LogP contribution < -0.4 is 5.73 Å². The van der Waals surface area contributed by atoms with Gasteiger partial charge in [0.05, 0.1) is 16.9 Å². The molecule has 0 fully saturated rings. The van der Waals surface area contributed by atoms with E-state index in [1.165, 1.54) is 5.56 Å². The number of hydrogen-bond acceptors (Lipinski definition) is 3. The molecular weight excluding hydrogens is 326 g/mol. The SMILES string of the molecule is Cc1cc(C)c2nc(C)c(-c3ccc(Br)cn3)c(N)c2c1. The van der Waals surface area contributed by atoms with E-state index >= 15 is 0 Å². The summed E-state index contributed by atoms with van der Waals surface area (Å²) >= 11 is 3.40. The monoisotopic (exact) mass is 341 g/mol. The summed E-state index contributed by atoms with van der Waals surface area (Å²) in [6, 6.07) is 8.14. The van der Waals surface area contributed by atoms with Gasteiger partial charge in [0.2, 0.25) is 0 Å². The van der Waals surface area contributed by atoms with E-state index < -0.39 is 0 Å². The van der Waals surface area contributed by atoms with Gasteiger partial charge in [-0.2, -0.15) is 0 Å². The molecule has 0 bridgehead atoms. The van der Waals surface area contributed by atoms with Gasteiger partial charge in [-0.1, -0.05) is 11.6 Å². The van der Waals surface area contributed by atoms with Crippen molar-refractivity contribution in [2.45, 2.75) is 20.8 Å². The van der Waals surface area contributed by atoms with Gasteiger partial charge in [-0.3, -0.25) is 9.97 Å². The van der Waals surface area contributed by atoms with Crippen molar-refractivity contribution in [3.8, 4) is 11.3 Å². The van der Waals surface area contributed by atoms with E-state index in [9.17, 15) is 0 Å². The average molecular weight is 342 g/mol. The van der Waals surface area contributed by atoms with Gasteiger partial charge in [0.15, 0.2) is 0 Å². The van der Waals surface area contributed by atoms with Crippen LogP contribution in [0, 0.1) is 20.8 Å². The van der Waals surface area contributed by atoms with Crippen molar-refractivity contribution in [3.63, 3.8) is 0 Å². The molecule has 0 spiro atoms. The topological polar surface area (TPSA) is 51.8 Å². The number of nitrogen functional groups attached to an aromatic ring is 1. The lowest BCUT2D eigenvalue weighted by Crippen LogP contribution is -2.00. The van der Waals surface area contributed by atoms with Crippen LogP contribution in [0.25, 0.3) is 22.2 Å². The number of pyridine rings is 2. The molecule has 0 aliphatic rings. The zero-order chi connectivity index (χ0) is 15.1. The first-order valence-corrected chi connectivity index (χ1v) is 7.55. The maximum absolute atomic E-state index is 6.44. The summed E-state index contributed by atoms with van der Waals surface area (Å²) in [5, 5.41) is 0.998. The molecule has 2 aromatic heterocycles. The van der Waals surface area contributed by atoms with Crippen LogP contribution in [0.1, 0.15) is 16.8 Å². The molecule has 3 rings (SSSR count). The Morgan fingerprint density at radius 3 is 2.52 bits per heavy atom. The number of rotatable bonds is 1. The third-order valence-electron chi connectivity index (χ3n) is 3.63. The van der Waals surface area contributed by atoms with E-state index in [1.54, 1.807) is 6.20 Å². The van der Waals surface area contributed by atoms with Crippen molar-refractivity contribution in [3.05, 3.63) is 51.8 Å². The largest absolute Gasteiger partial charge is 0.398 e. The number of nitrogens with two attached hydrogens (primary N) is 1. The second-order valence-electron chi connectivity index (χ2n) is 5.33. The number of aryl methyl sites for hydroxylation is 3. The third-order valence-corrected chi connectivity index (χ3v) is 4.10. The van der Waals surface area contributed by atoms with Gasteiger partial charge in [-0.05, 0) is 60.5 Å². The Bertz CT molecular complexity index is 839. The fourth-order valence-corrected chi connectivity index (χ4v) is 2.95. The first-order valence-electron chi connectivity index (χ1n) is 6.76. The summed E-state index contributed by atoms with van der Waals surface area (Å²) in [5.74, 6) is 0. The van der Waals surface area contributed by atoms with Crippen molar-refractivity contribution in [2.24, 2.45) is 0 Å². The number of aromatic nitrogens is 2. The Morgan fingerprint density at radius 2 is 1.86 bits per heavy atom. The van der Waals surface area contributed by atoms with E-state index in [-0.39, 0.29) is 0 Å². The first-order chi connectivity index (χ1) is 9.97. The molecule has 4 heteroatoms. The maximum Gasteiger partial charge on any atom is 0.0755 e. The quantitative estimate of drug-likeness (QED) is 0.705. The standard InChI is InChI=1S/C17H16BrN3/c1-9-6-10(2)17-13(7-9)16(19)15(11(3)21-17)14-5-4-12(18)8-20-14/h4-8H,1-3H3,(H2,19,21). The smallest absolute Gasteiger partial charge is 0.0755 e. The van der Waals surface area contributed by atoms with E-state index in [4.69, 9.17) is 10.7 Å². The highest BCUT2D eigenvalue weighted by Gasteiger charge is 2.14. The lowest BCUT2D eigenvalue weighted by molar-refractivity contribution is 1.21. The zero-order valence-corrected chi connectivity index (χ0v) is 13.8. The lowest BCUT2D eigenvalue weighted by atomic mass is 9.99. The number of nitrogens with zero attached hydrogens (tertiary/aromatic N) is 2. The number of halogens is 1. The van der Waals surface area contributed by atoms with Crippen molar-refractivity contribution in [1.29, 1.82) is 0 Å². The zero-order valence-electron chi connectivity index (χ0n) is 12.2. The number of benzene rings is 1. The molecule has 1 aromatic carbocycles. The fourth-order valence-electron chi connectivity index (χ4n) is 2.71. The molecule has 0 radical (unpaired) electrons. The van der Waals surface area contributed by atoms with Gasteiger partial charge in [0.1, 0.15) is 0 Å². The molecule has 2 N–H and O–H groups in total. The molecule has 0 saturated carbocycles. The van der Waals surface area contributed by atoms with Gasteiger partial charge < -0.3 is 5.73 Å². The number of hydrogen-bond donors (Lipinski definition) is 1. The molecule has 2 heterocycles. The molecule has 0 amide bonds. The van der Waals surface area contributed by atoms with Gasteiger partial charge in [-0.15, -0.1) is 0 Å². The first kappa shape index (κ1) is 14.0. The summed E-state index contributed by atoms with van der Waals surface area (Å²) in [6.07, 6.45) is 1.78. The van der Waals surface area contributed by atoms with Gasteiger partial charge in [0.25, 0.3) is 0 Å². The number of fused-ring (bicyclic) bond motifs is 1. The van der Waals surface area contributed by atoms with Crippen LogP contribution in [0.2, 0.25) is 0 Å². The lowest BCUT2D eigenvalue weighted by Gasteiger charge is -2.14. The highest BCUT2D eigenvalue weighted by atomic mass is 79.9. The summed E-state index contributed by atoms with van der Waals surface area (Å²) < 4.78 is 0.947. The summed E-state index contributed by atoms with van der Waals surface area (Å²) in [6.45, 7) is 6.12. The van der Waals surface area contributed by atoms with Gasteiger partial charge in [-0.25, -0.2) is 0 Å². The molecular formula is C17H16BrN3. The maximum atomic E-state index is 6.44. The highest BCUT2D eigenvalue weighted by Crippen LogP contribution is 2.34.